The molecule has 0 bridgehead atoms. The first-order chi connectivity index (χ1) is 24.7. The second-order valence-electron chi connectivity index (χ2n) is 12.3. The van der Waals surface area contributed by atoms with E-state index in [1.165, 1.54) is 0 Å². The minimum absolute atomic E-state index is 0.552. The number of fused-ring (bicyclic) bond motifs is 6. The molecule has 0 saturated heterocycles. The van der Waals surface area contributed by atoms with Crippen LogP contribution in [-0.2, 0) is 0 Å². The first-order valence-electron chi connectivity index (χ1n) is 16.3. The van der Waals surface area contributed by atoms with E-state index in [-0.39, 0.29) is 0 Å². The fourth-order valence-electron chi connectivity index (χ4n) is 7.51. The number of aromatic nitrogens is 2. The van der Waals surface area contributed by atoms with Crippen LogP contribution in [0.2, 0.25) is 0 Å². The van der Waals surface area contributed by atoms with Gasteiger partial charge in [-0.2, -0.15) is 15.8 Å². The number of para-hydroxylation sites is 3. The maximum absolute atomic E-state index is 10.7. The van der Waals surface area contributed by atoms with Crippen molar-refractivity contribution in [2.45, 2.75) is 0 Å². The topological polar surface area (TPSA) is 81.2 Å². The van der Waals surface area contributed by atoms with Crippen molar-refractivity contribution in [3.63, 3.8) is 0 Å². The number of benzene rings is 7. The first-order valence-corrected chi connectivity index (χ1v) is 16.3. The third kappa shape index (κ3) is 4.24. The number of rotatable bonds is 4. The fourth-order valence-corrected chi connectivity index (χ4v) is 7.51. The third-order valence-electron chi connectivity index (χ3n) is 9.67. The van der Waals surface area contributed by atoms with Gasteiger partial charge < -0.3 is 9.13 Å². The highest BCUT2D eigenvalue weighted by molar-refractivity contribution is 6.11. The average molecular weight is 636 g/mol. The summed E-state index contributed by atoms with van der Waals surface area (Å²) in [6.07, 6.45) is 0. The molecule has 0 unspecified atom stereocenters. The minimum Gasteiger partial charge on any atom is -0.309 e. The van der Waals surface area contributed by atoms with Gasteiger partial charge in [-0.25, -0.2) is 0 Å². The summed E-state index contributed by atoms with van der Waals surface area (Å²) in [5.41, 5.74) is 10.9. The van der Waals surface area contributed by atoms with Crippen molar-refractivity contribution in [2.75, 3.05) is 0 Å². The van der Waals surface area contributed by atoms with Crippen molar-refractivity contribution in [2.24, 2.45) is 0 Å². The van der Waals surface area contributed by atoms with Crippen molar-refractivity contribution >= 4 is 43.6 Å². The molecule has 9 rings (SSSR count). The van der Waals surface area contributed by atoms with Gasteiger partial charge >= 0.3 is 0 Å². The summed E-state index contributed by atoms with van der Waals surface area (Å²) in [6.45, 7) is 0. The maximum Gasteiger partial charge on any atom is 0.102 e. The highest BCUT2D eigenvalue weighted by Crippen LogP contribution is 2.40. The van der Waals surface area contributed by atoms with Crippen molar-refractivity contribution in [3.05, 3.63) is 168 Å². The van der Waals surface area contributed by atoms with E-state index < -0.39 is 0 Å². The molecule has 9 aromatic rings. The molecule has 0 radical (unpaired) electrons. The second kappa shape index (κ2) is 11.4. The van der Waals surface area contributed by atoms with E-state index in [1.807, 2.05) is 103 Å². The minimum atomic E-state index is 0.552. The molecule has 0 aliphatic rings. The van der Waals surface area contributed by atoms with E-state index in [4.69, 9.17) is 0 Å². The highest BCUT2D eigenvalue weighted by Gasteiger charge is 2.20. The lowest BCUT2D eigenvalue weighted by Gasteiger charge is -2.16. The summed E-state index contributed by atoms with van der Waals surface area (Å²) < 4.78 is 4.36. The highest BCUT2D eigenvalue weighted by atomic mass is 15.0. The summed E-state index contributed by atoms with van der Waals surface area (Å²) in [5, 5.41) is 34.9. The third-order valence-corrected chi connectivity index (χ3v) is 9.67. The van der Waals surface area contributed by atoms with Gasteiger partial charge in [-0.15, -0.1) is 0 Å². The summed E-state index contributed by atoms with van der Waals surface area (Å²) in [7, 11) is 0. The molecule has 0 spiro atoms. The van der Waals surface area contributed by atoms with E-state index in [9.17, 15) is 15.8 Å². The first kappa shape index (κ1) is 28.8. The largest absolute Gasteiger partial charge is 0.309 e. The van der Waals surface area contributed by atoms with Crippen LogP contribution in [0.15, 0.2) is 152 Å². The van der Waals surface area contributed by atoms with Crippen LogP contribution in [0.3, 0.4) is 0 Å². The van der Waals surface area contributed by atoms with Gasteiger partial charge in [0.05, 0.1) is 62.3 Å². The van der Waals surface area contributed by atoms with Gasteiger partial charge in [0.25, 0.3) is 0 Å². The molecule has 0 aliphatic carbocycles. The predicted molar refractivity (Wildman–Crippen MR) is 200 cm³/mol. The SMILES string of the molecule is N#Cc1ccc2c(c1)c1ccccc1n2-c1cccc(-c2ccc(-c3c(C#N)cccc3-n3c4ccccc4c4ccccc43)cc2)c1C#N. The lowest BCUT2D eigenvalue weighted by atomic mass is 9.94. The van der Waals surface area contributed by atoms with Crippen molar-refractivity contribution in [1.29, 1.82) is 15.8 Å². The zero-order valence-corrected chi connectivity index (χ0v) is 26.7. The normalized spacial score (nSPS) is 11.1. The quantitative estimate of drug-likeness (QED) is 0.193. The Morgan fingerprint density at radius 2 is 0.940 bits per heavy atom. The molecule has 0 N–H and O–H groups in total. The smallest absolute Gasteiger partial charge is 0.102 e. The van der Waals surface area contributed by atoms with Crippen LogP contribution in [0.5, 0.6) is 0 Å². The molecule has 50 heavy (non-hydrogen) atoms. The van der Waals surface area contributed by atoms with Crippen molar-refractivity contribution in [1.82, 2.24) is 9.13 Å². The van der Waals surface area contributed by atoms with E-state index >= 15 is 0 Å². The Morgan fingerprint density at radius 1 is 0.400 bits per heavy atom. The molecule has 5 nitrogen and oxygen atoms in total. The maximum atomic E-state index is 10.7. The predicted octanol–water partition coefficient (Wildman–Crippen LogP) is 10.8. The molecule has 2 heterocycles. The molecule has 0 saturated carbocycles. The van der Waals surface area contributed by atoms with Crippen LogP contribution < -0.4 is 0 Å². The Hall–Kier alpha value is -7.39. The van der Waals surface area contributed by atoms with Gasteiger partial charge in [-0.05, 0) is 65.7 Å². The Labute approximate surface area is 287 Å². The summed E-state index contributed by atoms with van der Waals surface area (Å²) in [6, 6.07) is 57.7. The standard InChI is InChI=1S/C45H25N5/c46-26-29-19-24-43-37(25-29)36-12-3-6-16-41(36)49(43)42-17-8-13-33(38(42)28-48)30-20-22-31(23-21-30)45-32(27-47)9-7-18-44(45)50-39-14-4-1-10-34(39)35-11-2-5-15-40(35)50/h1-25H. The molecule has 2 aromatic heterocycles. The van der Waals surface area contributed by atoms with Crippen molar-refractivity contribution < 1.29 is 0 Å². The average Bonchev–Trinajstić information content (AvgIpc) is 3.69. The number of nitrogens with zero attached hydrogens (tertiary/aromatic N) is 5. The Bertz CT molecular complexity index is 2900. The summed E-state index contributed by atoms with van der Waals surface area (Å²) >= 11 is 0. The lowest BCUT2D eigenvalue weighted by molar-refractivity contribution is 1.17. The molecule has 7 aromatic carbocycles. The van der Waals surface area contributed by atoms with Gasteiger partial charge in [0, 0.05) is 32.7 Å². The molecule has 0 fully saturated rings. The van der Waals surface area contributed by atoms with Gasteiger partial charge in [0.1, 0.15) is 6.07 Å². The van der Waals surface area contributed by atoms with Crippen molar-refractivity contribution in [3.8, 4) is 51.8 Å². The van der Waals surface area contributed by atoms with E-state index in [0.717, 1.165) is 77.2 Å². The van der Waals surface area contributed by atoms with Gasteiger partial charge in [0.15, 0.2) is 0 Å². The van der Waals surface area contributed by atoms with E-state index in [2.05, 4.69) is 75.9 Å². The number of hydrogen-bond acceptors (Lipinski definition) is 3. The zero-order chi connectivity index (χ0) is 33.8. The van der Waals surface area contributed by atoms with Crippen LogP contribution in [0, 0.1) is 34.0 Å². The zero-order valence-electron chi connectivity index (χ0n) is 26.7. The fraction of sp³-hybridized carbons (Fsp3) is 0. The molecular weight excluding hydrogens is 611 g/mol. The van der Waals surface area contributed by atoms with E-state index in [1.54, 1.807) is 0 Å². The Balaban J connectivity index is 1.21. The molecule has 5 heteroatoms. The van der Waals surface area contributed by atoms with Gasteiger partial charge in [0.2, 0.25) is 0 Å². The van der Waals surface area contributed by atoms with Crippen LogP contribution in [0.1, 0.15) is 16.7 Å². The molecular formula is C45H25N5. The summed E-state index contributed by atoms with van der Waals surface area (Å²) in [5.74, 6) is 0. The molecule has 230 valence electrons. The van der Waals surface area contributed by atoms with Crippen LogP contribution in [-0.4, -0.2) is 9.13 Å². The van der Waals surface area contributed by atoms with Gasteiger partial charge in [-0.3, -0.25) is 0 Å². The Kier molecular flexibility index (Phi) is 6.56. The molecule has 0 aliphatic heterocycles. The van der Waals surface area contributed by atoms with Crippen LogP contribution in [0.4, 0.5) is 0 Å². The number of nitriles is 3. The van der Waals surface area contributed by atoms with Crippen LogP contribution in [0.25, 0.3) is 77.2 Å². The summed E-state index contributed by atoms with van der Waals surface area (Å²) in [4.78, 5) is 0. The molecule has 0 atom stereocenters. The lowest BCUT2D eigenvalue weighted by Crippen LogP contribution is -2.00. The second-order valence-corrected chi connectivity index (χ2v) is 12.3. The van der Waals surface area contributed by atoms with Crippen LogP contribution >= 0.6 is 0 Å². The molecule has 0 amide bonds. The number of hydrogen-bond donors (Lipinski definition) is 0. The van der Waals surface area contributed by atoms with Gasteiger partial charge in [-0.1, -0.05) is 97.1 Å². The Morgan fingerprint density at radius 3 is 1.56 bits per heavy atom. The monoisotopic (exact) mass is 635 g/mol. The van der Waals surface area contributed by atoms with E-state index in [0.29, 0.717) is 16.7 Å².